The molecule has 1 fully saturated rings. The Bertz CT molecular complexity index is 993. The molecule has 0 bridgehead atoms. The van der Waals surface area contributed by atoms with E-state index in [9.17, 15) is 4.39 Å². The molecule has 0 atom stereocenters. The van der Waals surface area contributed by atoms with Crippen LogP contribution >= 0.6 is 0 Å². The van der Waals surface area contributed by atoms with Gasteiger partial charge in [0.1, 0.15) is 5.82 Å². The van der Waals surface area contributed by atoms with E-state index >= 15 is 0 Å². The summed E-state index contributed by atoms with van der Waals surface area (Å²) < 4.78 is 15.0. The summed E-state index contributed by atoms with van der Waals surface area (Å²) in [7, 11) is 0. The summed E-state index contributed by atoms with van der Waals surface area (Å²) in [5, 5.41) is 1.74. The molecule has 0 aromatic heterocycles. The molecule has 0 heterocycles. The van der Waals surface area contributed by atoms with Crippen molar-refractivity contribution in [1.29, 1.82) is 0 Å². The average Bonchev–Trinajstić information content (AvgIpc) is 2.85. The molecule has 0 radical (unpaired) electrons. The van der Waals surface area contributed by atoms with Crippen LogP contribution in [0.1, 0.15) is 82.8 Å². The second-order valence-corrected chi connectivity index (χ2v) is 9.96. The summed E-state index contributed by atoms with van der Waals surface area (Å²) >= 11 is 0. The summed E-state index contributed by atoms with van der Waals surface area (Å²) in [4.78, 5) is 0. The monoisotopic (exact) mass is 430 g/mol. The van der Waals surface area contributed by atoms with E-state index in [0.29, 0.717) is 0 Å². The number of hydrogen-bond acceptors (Lipinski definition) is 0. The molecule has 0 amide bonds. The van der Waals surface area contributed by atoms with E-state index in [1.54, 1.807) is 0 Å². The van der Waals surface area contributed by atoms with Crippen molar-refractivity contribution in [3.05, 3.63) is 71.5 Å². The first-order valence-corrected chi connectivity index (χ1v) is 13.0. The lowest BCUT2D eigenvalue weighted by atomic mass is 9.78. The highest BCUT2D eigenvalue weighted by Gasteiger charge is 2.19. The Morgan fingerprint density at radius 3 is 2.19 bits per heavy atom. The van der Waals surface area contributed by atoms with E-state index < -0.39 is 0 Å². The fourth-order valence-electron chi connectivity index (χ4n) is 5.44. The van der Waals surface area contributed by atoms with Crippen molar-refractivity contribution in [3.8, 4) is 11.1 Å². The van der Waals surface area contributed by atoms with Crippen LogP contribution in [0, 0.1) is 17.7 Å². The molecule has 170 valence electrons. The fourth-order valence-corrected chi connectivity index (χ4v) is 5.44. The molecule has 0 saturated heterocycles. The van der Waals surface area contributed by atoms with E-state index in [4.69, 9.17) is 0 Å². The number of fused-ring (bicyclic) bond motifs is 1. The molecule has 0 spiro atoms. The largest absolute Gasteiger partial charge is 0.206 e. The van der Waals surface area contributed by atoms with Gasteiger partial charge in [0.25, 0.3) is 0 Å². The van der Waals surface area contributed by atoms with Crippen LogP contribution in [0.4, 0.5) is 4.39 Å². The van der Waals surface area contributed by atoms with E-state index in [-0.39, 0.29) is 5.82 Å². The molecule has 1 aliphatic carbocycles. The second kappa shape index (κ2) is 11.1. The third-order valence-corrected chi connectivity index (χ3v) is 7.76. The van der Waals surface area contributed by atoms with Crippen molar-refractivity contribution in [2.24, 2.45) is 11.8 Å². The third kappa shape index (κ3) is 5.61. The van der Waals surface area contributed by atoms with Crippen LogP contribution in [0.25, 0.3) is 21.9 Å². The Morgan fingerprint density at radius 2 is 1.47 bits per heavy atom. The maximum Gasteiger partial charge on any atom is 0.134 e. The highest BCUT2D eigenvalue weighted by atomic mass is 19.1. The van der Waals surface area contributed by atoms with E-state index in [2.05, 4.69) is 56.3 Å². The number of unbranched alkanes of at least 4 members (excludes halogenated alkanes) is 2. The van der Waals surface area contributed by atoms with Gasteiger partial charge in [0.15, 0.2) is 0 Å². The SMILES string of the molecule is CCCCCc1ccc2cc(-c3ccc(CCC4CCC(CC)CC4)cc3)ccc2c1F. The Kier molecular flexibility index (Phi) is 8.00. The molecule has 1 heteroatoms. The van der Waals surface area contributed by atoms with Crippen LogP contribution < -0.4 is 0 Å². The van der Waals surface area contributed by atoms with Crippen LogP contribution in [0.15, 0.2) is 54.6 Å². The lowest BCUT2D eigenvalue weighted by molar-refractivity contribution is 0.259. The molecular formula is C31H39F. The smallest absolute Gasteiger partial charge is 0.134 e. The summed E-state index contributed by atoms with van der Waals surface area (Å²) in [6.45, 7) is 4.52. The van der Waals surface area contributed by atoms with Crippen molar-refractivity contribution < 1.29 is 4.39 Å². The van der Waals surface area contributed by atoms with Crippen LogP contribution in [0.3, 0.4) is 0 Å². The molecule has 0 N–H and O–H groups in total. The highest BCUT2D eigenvalue weighted by Crippen LogP contribution is 2.33. The van der Waals surface area contributed by atoms with Crippen molar-refractivity contribution in [3.63, 3.8) is 0 Å². The van der Waals surface area contributed by atoms with Crippen LogP contribution in [-0.2, 0) is 12.8 Å². The molecule has 3 aromatic carbocycles. The van der Waals surface area contributed by atoms with Gasteiger partial charge in [-0.25, -0.2) is 4.39 Å². The minimum Gasteiger partial charge on any atom is -0.206 e. The first-order chi connectivity index (χ1) is 15.7. The summed E-state index contributed by atoms with van der Waals surface area (Å²) in [5.41, 5.74) is 4.67. The van der Waals surface area contributed by atoms with Gasteiger partial charge in [-0.1, -0.05) is 107 Å². The van der Waals surface area contributed by atoms with E-state index in [0.717, 1.165) is 53.9 Å². The van der Waals surface area contributed by atoms with Gasteiger partial charge in [0.2, 0.25) is 0 Å². The second-order valence-electron chi connectivity index (χ2n) is 9.96. The highest BCUT2D eigenvalue weighted by molar-refractivity contribution is 5.88. The Balaban J connectivity index is 1.40. The van der Waals surface area contributed by atoms with Gasteiger partial charge in [-0.05, 0) is 71.2 Å². The topological polar surface area (TPSA) is 0 Å². The van der Waals surface area contributed by atoms with Crippen molar-refractivity contribution in [2.75, 3.05) is 0 Å². The maximum atomic E-state index is 15.0. The minimum absolute atomic E-state index is 0.0338. The molecule has 32 heavy (non-hydrogen) atoms. The van der Waals surface area contributed by atoms with Gasteiger partial charge in [-0.3, -0.25) is 0 Å². The Labute approximate surface area is 194 Å². The molecule has 0 aliphatic heterocycles. The van der Waals surface area contributed by atoms with Gasteiger partial charge < -0.3 is 0 Å². The average molecular weight is 431 g/mol. The van der Waals surface area contributed by atoms with Crippen LogP contribution in [-0.4, -0.2) is 0 Å². The number of aryl methyl sites for hydroxylation is 2. The zero-order valence-electron chi connectivity index (χ0n) is 20.0. The van der Waals surface area contributed by atoms with Crippen LogP contribution in [0.2, 0.25) is 0 Å². The third-order valence-electron chi connectivity index (χ3n) is 7.76. The normalized spacial score (nSPS) is 18.8. The summed E-state index contributed by atoms with van der Waals surface area (Å²) in [5.74, 6) is 1.86. The molecular weight excluding hydrogens is 391 g/mol. The van der Waals surface area contributed by atoms with Gasteiger partial charge in [0, 0.05) is 5.39 Å². The van der Waals surface area contributed by atoms with Gasteiger partial charge in [-0.15, -0.1) is 0 Å². The predicted octanol–water partition coefficient (Wildman–Crippen LogP) is 9.53. The van der Waals surface area contributed by atoms with Crippen LogP contribution in [0.5, 0.6) is 0 Å². The molecule has 0 nitrogen and oxygen atoms in total. The minimum atomic E-state index is -0.0338. The van der Waals surface area contributed by atoms with Crippen molar-refractivity contribution >= 4 is 10.8 Å². The van der Waals surface area contributed by atoms with Gasteiger partial charge in [0.05, 0.1) is 0 Å². The lowest BCUT2D eigenvalue weighted by Crippen LogP contribution is -2.14. The van der Waals surface area contributed by atoms with E-state index in [1.165, 1.54) is 61.6 Å². The molecule has 4 rings (SSSR count). The Hall–Kier alpha value is -2.15. The van der Waals surface area contributed by atoms with E-state index in [1.807, 2.05) is 12.1 Å². The predicted molar refractivity (Wildman–Crippen MR) is 137 cm³/mol. The zero-order valence-corrected chi connectivity index (χ0v) is 20.0. The number of benzene rings is 3. The number of rotatable bonds is 9. The molecule has 0 unspecified atom stereocenters. The lowest BCUT2D eigenvalue weighted by Gasteiger charge is -2.27. The quantitative estimate of drug-likeness (QED) is 0.296. The fraction of sp³-hybridized carbons (Fsp3) is 0.484. The number of hydrogen-bond donors (Lipinski definition) is 0. The molecule has 1 aliphatic rings. The standard InChI is InChI=1S/C31H39F/c1-3-5-6-7-27-18-19-29-22-28(20-21-30(29)31(27)32)26-16-14-25(15-17-26)13-12-24-10-8-23(4-2)9-11-24/h14-24H,3-13H2,1-2H3. The summed E-state index contributed by atoms with van der Waals surface area (Å²) in [6, 6.07) is 19.3. The Morgan fingerprint density at radius 1 is 0.750 bits per heavy atom. The van der Waals surface area contributed by atoms with Gasteiger partial charge >= 0.3 is 0 Å². The van der Waals surface area contributed by atoms with Crippen molar-refractivity contribution in [2.45, 2.75) is 84.5 Å². The summed E-state index contributed by atoms with van der Waals surface area (Å²) in [6.07, 6.45) is 13.8. The number of halogens is 1. The molecule has 1 saturated carbocycles. The first kappa shape index (κ1) is 23.0. The van der Waals surface area contributed by atoms with Crippen molar-refractivity contribution in [1.82, 2.24) is 0 Å². The molecule has 3 aromatic rings. The zero-order chi connectivity index (χ0) is 22.3. The first-order valence-electron chi connectivity index (χ1n) is 13.0. The van der Waals surface area contributed by atoms with Gasteiger partial charge in [-0.2, -0.15) is 0 Å². The maximum absolute atomic E-state index is 15.0.